The zero-order valence-corrected chi connectivity index (χ0v) is 23.7. The maximum atomic E-state index is 13.2. The Balaban J connectivity index is 1.60. The minimum Gasteiger partial charge on any atom is -0.405 e. The van der Waals surface area contributed by atoms with Gasteiger partial charge in [0.05, 0.1) is 22.9 Å². The van der Waals surface area contributed by atoms with E-state index in [1.165, 1.54) is 29.0 Å². The van der Waals surface area contributed by atoms with Crippen LogP contribution in [0.3, 0.4) is 0 Å². The first-order chi connectivity index (χ1) is 20.3. The molecule has 0 saturated carbocycles. The lowest BCUT2D eigenvalue weighted by molar-refractivity contribution is -0.274. The Morgan fingerprint density at radius 2 is 1.81 bits per heavy atom. The fourth-order valence-corrected chi connectivity index (χ4v) is 5.53. The van der Waals surface area contributed by atoms with Gasteiger partial charge in [-0.25, -0.2) is 13.2 Å². The molecular weight excluding hydrogens is 589 g/mol. The molecule has 0 aliphatic carbocycles. The van der Waals surface area contributed by atoms with Crippen LogP contribution in [0.1, 0.15) is 17.5 Å². The summed E-state index contributed by atoms with van der Waals surface area (Å²) in [5, 5.41) is 3.70. The molecule has 12 nitrogen and oxygen atoms in total. The van der Waals surface area contributed by atoms with E-state index in [4.69, 9.17) is 17.2 Å². The van der Waals surface area contributed by atoms with E-state index in [1.807, 2.05) is 12.1 Å². The fraction of sp³-hybridized carbons (Fsp3) is 0.296. The fourth-order valence-electron chi connectivity index (χ4n) is 4.34. The van der Waals surface area contributed by atoms with Crippen LogP contribution in [0.4, 0.5) is 13.2 Å². The lowest BCUT2D eigenvalue weighted by atomic mass is 10.1. The lowest BCUT2D eigenvalue weighted by Gasteiger charge is -2.14. The van der Waals surface area contributed by atoms with Crippen LogP contribution in [-0.4, -0.2) is 60.7 Å². The molecule has 230 valence electrons. The van der Waals surface area contributed by atoms with Crippen LogP contribution >= 0.6 is 0 Å². The van der Waals surface area contributed by atoms with Gasteiger partial charge in [0.25, 0.3) is 0 Å². The quantitative estimate of drug-likeness (QED) is 0.0842. The molecule has 0 saturated heterocycles. The van der Waals surface area contributed by atoms with Crippen molar-refractivity contribution >= 4 is 26.8 Å². The predicted octanol–water partition coefficient (Wildman–Crippen LogP) is 1.91. The number of aromatic nitrogens is 3. The number of H-pyrrole nitrogens is 1. The van der Waals surface area contributed by atoms with Crippen molar-refractivity contribution in [1.82, 2.24) is 19.9 Å². The molecule has 2 heterocycles. The molecule has 0 amide bonds. The molecule has 0 aliphatic rings. The number of aliphatic imine (C=N–C) groups is 1. The van der Waals surface area contributed by atoms with Crippen molar-refractivity contribution in [3.05, 3.63) is 76.3 Å². The standard InChI is InChI=1S/C27H31F3N8O4S/c28-27(29,30)42-23-7-4-18(16-43(40,41)11-8-31)12-21(23)22-13-19-15-38(26(39)37-24(19)36-22)20-5-2-17(3-6-20)14-34-9-1-10-35-25(32)33/h2-7,12-13,15,34H,1,8-11,14,16,31H2,(H4,32,33,35)(H,36,37,39). The first-order valence-corrected chi connectivity index (χ1v) is 14.9. The van der Waals surface area contributed by atoms with Gasteiger partial charge in [0.1, 0.15) is 11.4 Å². The number of guanidine groups is 1. The average molecular weight is 621 g/mol. The highest BCUT2D eigenvalue weighted by Crippen LogP contribution is 2.36. The highest BCUT2D eigenvalue weighted by Gasteiger charge is 2.32. The Morgan fingerprint density at radius 1 is 1.09 bits per heavy atom. The second-order valence-corrected chi connectivity index (χ2v) is 11.8. The summed E-state index contributed by atoms with van der Waals surface area (Å²) in [6.45, 7) is 1.73. The Labute approximate surface area is 244 Å². The summed E-state index contributed by atoms with van der Waals surface area (Å²) in [5.74, 6) is -1.19. The molecule has 0 fully saturated rings. The number of sulfone groups is 1. The van der Waals surface area contributed by atoms with Gasteiger partial charge < -0.3 is 32.2 Å². The van der Waals surface area contributed by atoms with Crippen molar-refractivity contribution in [2.45, 2.75) is 25.1 Å². The summed E-state index contributed by atoms with van der Waals surface area (Å²) in [6.07, 6.45) is -2.72. The molecule has 0 bridgehead atoms. The highest BCUT2D eigenvalue weighted by atomic mass is 32.2. The molecule has 2 aromatic heterocycles. The van der Waals surface area contributed by atoms with Crippen LogP contribution in [-0.2, 0) is 22.1 Å². The van der Waals surface area contributed by atoms with E-state index in [1.54, 1.807) is 12.1 Å². The molecule has 8 N–H and O–H groups in total. The highest BCUT2D eigenvalue weighted by molar-refractivity contribution is 7.90. The van der Waals surface area contributed by atoms with Crippen molar-refractivity contribution in [2.75, 3.05) is 25.4 Å². The number of fused-ring (bicyclic) bond motifs is 1. The third-order valence-corrected chi connectivity index (χ3v) is 7.86. The normalized spacial score (nSPS) is 12.0. The monoisotopic (exact) mass is 620 g/mol. The second-order valence-electron chi connectivity index (χ2n) is 9.64. The number of benzene rings is 2. The zero-order valence-electron chi connectivity index (χ0n) is 22.9. The second kappa shape index (κ2) is 13.3. The van der Waals surface area contributed by atoms with Crippen LogP contribution in [0.5, 0.6) is 5.75 Å². The molecule has 0 aliphatic heterocycles. The minimum absolute atomic E-state index is 0.0510. The number of nitrogens with two attached hydrogens (primary N) is 3. The number of hydrogen-bond donors (Lipinski definition) is 5. The molecule has 16 heteroatoms. The number of nitrogens with one attached hydrogen (secondary N) is 2. The van der Waals surface area contributed by atoms with Crippen molar-refractivity contribution in [1.29, 1.82) is 0 Å². The average Bonchev–Trinajstić information content (AvgIpc) is 3.33. The summed E-state index contributed by atoms with van der Waals surface area (Å²) >= 11 is 0. The minimum atomic E-state index is -4.99. The summed E-state index contributed by atoms with van der Waals surface area (Å²) < 4.78 is 69.6. The van der Waals surface area contributed by atoms with Gasteiger partial charge in [0.15, 0.2) is 15.8 Å². The summed E-state index contributed by atoms with van der Waals surface area (Å²) in [5.41, 5.74) is 17.3. The summed E-state index contributed by atoms with van der Waals surface area (Å²) in [7, 11) is -3.59. The van der Waals surface area contributed by atoms with Gasteiger partial charge in [-0.1, -0.05) is 18.2 Å². The van der Waals surface area contributed by atoms with Crippen LogP contribution in [0, 0.1) is 0 Å². The van der Waals surface area contributed by atoms with E-state index < -0.39 is 33.4 Å². The van der Waals surface area contributed by atoms with Gasteiger partial charge in [-0.05, 0) is 54.4 Å². The van der Waals surface area contributed by atoms with E-state index in [0.717, 1.165) is 18.1 Å². The summed E-state index contributed by atoms with van der Waals surface area (Å²) in [4.78, 5) is 23.7. The molecule has 0 radical (unpaired) electrons. The Kier molecular flexibility index (Phi) is 9.73. The zero-order chi connectivity index (χ0) is 31.2. The van der Waals surface area contributed by atoms with Crippen molar-refractivity contribution < 1.29 is 26.3 Å². The molecule has 0 spiro atoms. The van der Waals surface area contributed by atoms with E-state index in [9.17, 15) is 26.4 Å². The maximum absolute atomic E-state index is 13.2. The van der Waals surface area contributed by atoms with E-state index in [-0.39, 0.29) is 40.7 Å². The SMILES string of the molecule is NCCS(=O)(=O)Cc1ccc(OC(F)(F)F)c(-c2cc3cn(-c4ccc(CNCCCN=C(N)N)cc4)c(=O)nc3[nH]2)c1. The molecule has 4 aromatic rings. The molecule has 0 unspecified atom stereocenters. The molecule has 4 rings (SSSR count). The van der Waals surface area contributed by atoms with Crippen LogP contribution in [0.15, 0.2) is 64.5 Å². The largest absolute Gasteiger partial charge is 0.573 e. The van der Waals surface area contributed by atoms with E-state index in [2.05, 4.69) is 25.0 Å². The summed E-state index contributed by atoms with van der Waals surface area (Å²) in [6, 6.07) is 12.3. The van der Waals surface area contributed by atoms with Gasteiger partial charge in [-0.2, -0.15) is 4.98 Å². The van der Waals surface area contributed by atoms with Crippen LogP contribution in [0.25, 0.3) is 28.0 Å². The third kappa shape index (κ3) is 8.79. The number of nitrogens with zero attached hydrogens (tertiary/aromatic N) is 3. The Morgan fingerprint density at radius 3 is 2.49 bits per heavy atom. The van der Waals surface area contributed by atoms with Gasteiger partial charge >= 0.3 is 12.1 Å². The van der Waals surface area contributed by atoms with Gasteiger partial charge in [-0.15, -0.1) is 13.2 Å². The number of alkyl halides is 3. The molecule has 43 heavy (non-hydrogen) atoms. The molecule has 2 aromatic carbocycles. The lowest BCUT2D eigenvalue weighted by Crippen LogP contribution is -2.23. The number of hydrogen-bond acceptors (Lipinski definition) is 8. The van der Waals surface area contributed by atoms with Crippen molar-refractivity contribution in [3.8, 4) is 22.7 Å². The smallest absolute Gasteiger partial charge is 0.405 e. The van der Waals surface area contributed by atoms with E-state index in [0.29, 0.717) is 30.7 Å². The third-order valence-electron chi connectivity index (χ3n) is 6.23. The van der Waals surface area contributed by atoms with Gasteiger partial charge in [0.2, 0.25) is 0 Å². The number of rotatable bonds is 13. The molecular formula is C27H31F3N8O4S. The number of aromatic amines is 1. The van der Waals surface area contributed by atoms with Crippen LogP contribution in [0.2, 0.25) is 0 Å². The number of halogens is 3. The Hall–Kier alpha value is -4.41. The number of ether oxygens (including phenoxy) is 1. The van der Waals surface area contributed by atoms with Gasteiger partial charge in [-0.3, -0.25) is 9.56 Å². The Bertz CT molecular complexity index is 1760. The van der Waals surface area contributed by atoms with Gasteiger partial charge in [0, 0.05) is 36.8 Å². The van der Waals surface area contributed by atoms with Crippen molar-refractivity contribution in [2.24, 2.45) is 22.2 Å². The van der Waals surface area contributed by atoms with Crippen LogP contribution < -0.4 is 32.9 Å². The van der Waals surface area contributed by atoms with Crippen molar-refractivity contribution in [3.63, 3.8) is 0 Å². The molecule has 0 atom stereocenters. The maximum Gasteiger partial charge on any atom is 0.573 e. The first kappa shape index (κ1) is 31.5. The topological polar surface area (TPSA) is 196 Å². The van der Waals surface area contributed by atoms with E-state index >= 15 is 0 Å². The predicted molar refractivity (Wildman–Crippen MR) is 157 cm³/mol. The first-order valence-electron chi connectivity index (χ1n) is 13.1.